The number of rotatable bonds is 2. The molecule has 1 heterocycles. The summed E-state index contributed by atoms with van der Waals surface area (Å²) in [5.74, 6) is -0.242. The molecular formula is C8H8Cl2N2O. The molecule has 0 aliphatic heterocycles. The molecule has 1 rings (SSSR count). The molecule has 0 fully saturated rings. The molecule has 1 atom stereocenters. The van der Waals surface area contributed by atoms with Crippen LogP contribution in [0.5, 0.6) is 0 Å². The first kappa shape index (κ1) is 10.4. The lowest BCUT2D eigenvalue weighted by Crippen LogP contribution is -2.26. The van der Waals surface area contributed by atoms with Crippen LogP contribution in [0.2, 0.25) is 10.2 Å². The molecule has 0 radical (unpaired) electrons. The van der Waals surface area contributed by atoms with E-state index >= 15 is 0 Å². The Bertz CT molecular complexity index is 339. The second kappa shape index (κ2) is 4.05. The van der Waals surface area contributed by atoms with E-state index in [1.165, 1.54) is 12.3 Å². The van der Waals surface area contributed by atoms with Crippen molar-refractivity contribution in [2.75, 3.05) is 0 Å². The van der Waals surface area contributed by atoms with Gasteiger partial charge >= 0.3 is 0 Å². The van der Waals surface area contributed by atoms with Crippen molar-refractivity contribution in [2.45, 2.75) is 13.0 Å². The maximum atomic E-state index is 11.4. The van der Waals surface area contributed by atoms with Crippen molar-refractivity contribution in [1.29, 1.82) is 0 Å². The number of nitrogens with zero attached hydrogens (tertiary/aromatic N) is 1. The fraction of sp³-hybridized carbons (Fsp3) is 0.250. The zero-order valence-electron chi connectivity index (χ0n) is 6.92. The van der Waals surface area contributed by atoms with Gasteiger partial charge in [0.25, 0.3) is 0 Å². The summed E-state index contributed by atoms with van der Waals surface area (Å²) in [5, 5.41) is 0.536. The molecule has 3 nitrogen and oxygen atoms in total. The third kappa shape index (κ3) is 2.40. The average Bonchev–Trinajstić information content (AvgIpc) is 2.03. The number of carbonyl (C=O) groups excluding carboxylic acids is 1. The molecule has 2 N–H and O–H groups in total. The molecule has 0 amide bonds. The van der Waals surface area contributed by atoms with Crippen molar-refractivity contribution >= 4 is 29.0 Å². The lowest BCUT2D eigenvalue weighted by molar-refractivity contribution is 0.0968. The molecule has 1 aromatic heterocycles. The van der Waals surface area contributed by atoms with E-state index in [0.29, 0.717) is 5.56 Å². The summed E-state index contributed by atoms with van der Waals surface area (Å²) in [6.07, 6.45) is 1.33. The van der Waals surface area contributed by atoms with Crippen molar-refractivity contribution < 1.29 is 4.79 Å². The predicted molar refractivity (Wildman–Crippen MR) is 52.2 cm³/mol. The maximum absolute atomic E-state index is 11.4. The third-order valence-electron chi connectivity index (χ3n) is 1.50. The van der Waals surface area contributed by atoms with Gasteiger partial charge in [0.2, 0.25) is 0 Å². The number of ketones is 1. The number of Topliss-reactive ketones (excluding diaryl/α,β-unsaturated/α-hetero) is 1. The van der Waals surface area contributed by atoms with Crippen LogP contribution in [0.15, 0.2) is 12.3 Å². The van der Waals surface area contributed by atoms with Gasteiger partial charge in [0, 0.05) is 6.20 Å². The molecule has 0 bridgehead atoms. The number of hydrogen-bond donors (Lipinski definition) is 1. The Balaban J connectivity index is 3.09. The smallest absolute Gasteiger partial charge is 0.182 e. The summed E-state index contributed by atoms with van der Waals surface area (Å²) < 4.78 is 0. The van der Waals surface area contributed by atoms with E-state index < -0.39 is 6.04 Å². The Hall–Kier alpha value is -0.640. The number of carbonyl (C=O) groups is 1. The van der Waals surface area contributed by atoms with Crippen LogP contribution in [0.4, 0.5) is 0 Å². The molecule has 5 heteroatoms. The zero-order chi connectivity index (χ0) is 10.0. The third-order valence-corrected chi connectivity index (χ3v) is 2.02. The van der Waals surface area contributed by atoms with Crippen LogP contribution in [0, 0.1) is 0 Å². The minimum atomic E-state index is -0.583. The number of halogens is 2. The Morgan fingerprint density at radius 3 is 2.69 bits per heavy atom. The van der Waals surface area contributed by atoms with Gasteiger partial charge in [0.05, 0.1) is 16.6 Å². The molecule has 1 aromatic rings. The van der Waals surface area contributed by atoms with Crippen LogP contribution in [-0.2, 0) is 0 Å². The Labute approximate surface area is 85.9 Å². The lowest BCUT2D eigenvalue weighted by Gasteiger charge is -2.05. The molecular weight excluding hydrogens is 211 g/mol. The molecule has 0 spiro atoms. The highest BCUT2D eigenvalue weighted by Crippen LogP contribution is 2.19. The van der Waals surface area contributed by atoms with Gasteiger partial charge < -0.3 is 5.73 Å². The van der Waals surface area contributed by atoms with E-state index in [9.17, 15) is 4.79 Å². The van der Waals surface area contributed by atoms with E-state index in [0.717, 1.165) is 0 Å². The normalized spacial score (nSPS) is 12.6. The van der Waals surface area contributed by atoms with Gasteiger partial charge in [-0.3, -0.25) is 4.79 Å². The summed E-state index contributed by atoms with van der Waals surface area (Å²) in [4.78, 5) is 15.1. The molecule has 0 saturated carbocycles. The van der Waals surface area contributed by atoms with E-state index in [2.05, 4.69) is 4.98 Å². The van der Waals surface area contributed by atoms with E-state index in [-0.39, 0.29) is 16.0 Å². The van der Waals surface area contributed by atoms with Crippen molar-refractivity contribution in [2.24, 2.45) is 5.73 Å². The zero-order valence-corrected chi connectivity index (χ0v) is 8.43. The highest BCUT2D eigenvalue weighted by Gasteiger charge is 2.14. The Kier molecular flexibility index (Phi) is 3.25. The van der Waals surface area contributed by atoms with Crippen LogP contribution in [0.25, 0.3) is 0 Å². The molecule has 1 unspecified atom stereocenters. The lowest BCUT2D eigenvalue weighted by atomic mass is 10.1. The molecule has 13 heavy (non-hydrogen) atoms. The SMILES string of the molecule is CC(N)C(=O)c1cnc(Cl)cc1Cl. The molecule has 0 aliphatic carbocycles. The first-order valence-electron chi connectivity index (χ1n) is 3.63. The minimum absolute atomic E-state index is 0.242. The highest BCUT2D eigenvalue weighted by molar-refractivity contribution is 6.36. The fourth-order valence-corrected chi connectivity index (χ4v) is 1.29. The summed E-state index contributed by atoms with van der Waals surface area (Å²) >= 11 is 11.3. The van der Waals surface area contributed by atoms with Crippen LogP contribution in [0.1, 0.15) is 17.3 Å². The number of hydrogen-bond acceptors (Lipinski definition) is 3. The number of pyridine rings is 1. The van der Waals surface area contributed by atoms with Gasteiger partial charge in [-0.1, -0.05) is 23.2 Å². The second-order valence-corrected chi connectivity index (χ2v) is 3.43. The van der Waals surface area contributed by atoms with Crippen LogP contribution < -0.4 is 5.73 Å². The van der Waals surface area contributed by atoms with Gasteiger partial charge in [0.1, 0.15) is 5.15 Å². The van der Waals surface area contributed by atoms with Crippen molar-refractivity contribution in [3.05, 3.63) is 28.0 Å². The van der Waals surface area contributed by atoms with Crippen LogP contribution >= 0.6 is 23.2 Å². The van der Waals surface area contributed by atoms with Gasteiger partial charge in [-0.2, -0.15) is 0 Å². The molecule has 0 aliphatic rings. The molecule has 0 saturated heterocycles. The highest BCUT2D eigenvalue weighted by atomic mass is 35.5. The molecule has 0 aromatic carbocycles. The van der Waals surface area contributed by atoms with E-state index in [4.69, 9.17) is 28.9 Å². The number of aromatic nitrogens is 1. The van der Waals surface area contributed by atoms with E-state index in [1.807, 2.05) is 0 Å². The predicted octanol–water partition coefficient (Wildman–Crippen LogP) is 1.92. The quantitative estimate of drug-likeness (QED) is 0.610. The molecule has 70 valence electrons. The summed E-state index contributed by atoms with van der Waals surface area (Å²) in [7, 11) is 0. The van der Waals surface area contributed by atoms with Gasteiger partial charge in [-0.15, -0.1) is 0 Å². The first-order valence-corrected chi connectivity index (χ1v) is 4.39. The Morgan fingerprint density at radius 2 is 2.23 bits per heavy atom. The van der Waals surface area contributed by atoms with Gasteiger partial charge in [0.15, 0.2) is 5.78 Å². The topological polar surface area (TPSA) is 56.0 Å². The Morgan fingerprint density at radius 1 is 1.62 bits per heavy atom. The second-order valence-electron chi connectivity index (χ2n) is 2.64. The van der Waals surface area contributed by atoms with E-state index in [1.54, 1.807) is 6.92 Å². The largest absolute Gasteiger partial charge is 0.321 e. The standard InChI is InChI=1S/C8H8Cl2N2O/c1-4(11)8(13)5-3-12-7(10)2-6(5)9/h2-4H,11H2,1H3. The fourth-order valence-electron chi connectivity index (χ4n) is 0.834. The van der Waals surface area contributed by atoms with Crippen molar-refractivity contribution in [3.63, 3.8) is 0 Å². The van der Waals surface area contributed by atoms with Crippen molar-refractivity contribution in [3.8, 4) is 0 Å². The first-order chi connectivity index (χ1) is 6.02. The van der Waals surface area contributed by atoms with Crippen LogP contribution in [-0.4, -0.2) is 16.8 Å². The average molecular weight is 219 g/mol. The number of nitrogens with two attached hydrogens (primary N) is 1. The summed E-state index contributed by atoms with van der Waals surface area (Å²) in [6.45, 7) is 1.59. The maximum Gasteiger partial charge on any atom is 0.182 e. The summed E-state index contributed by atoms with van der Waals surface area (Å²) in [5.41, 5.74) is 5.71. The van der Waals surface area contributed by atoms with Gasteiger partial charge in [-0.05, 0) is 13.0 Å². The monoisotopic (exact) mass is 218 g/mol. The van der Waals surface area contributed by atoms with Gasteiger partial charge in [-0.25, -0.2) is 4.98 Å². The summed E-state index contributed by atoms with van der Waals surface area (Å²) in [6, 6.07) is 0.833. The van der Waals surface area contributed by atoms with Crippen LogP contribution in [0.3, 0.4) is 0 Å². The minimum Gasteiger partial charge on any atom is -0.321 e. The van der Waals surface area contributed by atoms with Crippen molar-refractivity contribution in [1.82, 2.24) is 4.98 Å².